The van der Waals surface area contributed by atoms with E-state index in [1.54, 1.807) is 5.56 Å². The van der Waals surface area contributed by atoms with E-state index in [0.29, 0.717) is 23.5 Å². The third kappa shape index (κ3) is 4.53. The standard InChI is InChI=1S/C53H39N3O/c1-2-10-35(11-3-1)50-54-51(36-19-17-33(18-20-36)37-21-23-42-41-13-6-7-16-46(41)57-47(42)30-37)56-52(55-50)43-14-8-15-44-49(43)48-40-12-5-4-9-34(40)22-24-45(48)53(44)38-26-31-25-32(28-38)29-39(53)27-31/h1-24,30-32,38-39H,25-29H2. The smallest absolute Gasteiger partial charge is 0.164 e. The average Bonchev–Trinajstić information content (AvgIpc) is 3.79. The third-order valence-electron chi connectivity index (χ3n) is 14.3. The minimum Gasteiger partial charge on any atom is -0.456 e. The first-order valence-electron chi connectivity index (χ1n) is 20.7. The summed E-state index contributed by atoms with van der Waals surface area (Å²) in [5.74, 6) is 5.20. The van der Waals surface area contributed by atoms with Crippen LogP contribution in [-0.4, -0.2) is 15.0 Å². The zero-order valence-corrected chi connectivity index (χ0v) is 31.5. The van der Waals surface area contributed by atoms with Crippen molar-refractivity contribution in [2.75, 3.05) is 0 Å². The molecule has 5 aliphatic rings. The van der Waals surface area contributed by atoms with Crippen molar-refractivity contribution in [2.45, 2.75) is 37.5 Å². The number of para-hydroxylation sites is 1. The Balaban J connectivity index is 0.988. The van der Waals surface area contributed by atoms with Crippen LogP contribution >= 0.6 is 0 Å². The van der Waals surface area contributed by atoms with Gasteiger partial charge in [-0.3, -0.25) is 0 Å². The van der Waals surface area contributed by atoms with Gasteiger partial charge in [-0.25, -0.2) is 15.0 Å². The molecule has 7 aromatic carbocycles. The highest BCUT2D eigenvalue weighted by molar-refractivity contribution is 6.07. The Labute approximate surface area is 331 Å². The fourth-order valence-corrected chi connectivity index (χ4v) is 12.2. The van der Waals surface area contributed by atoms with Crippen LogP contribution < -0.4 is 0 Å². The van der Waals surface area contributed by atoms with Gasteiger partial charge < -0.3 is 4.42 Å². The fraction of sp³-hybridized carbons (Fsp3) is 0.189. The zero-order chi connectivity index (χ0) is 37.2. The van der Waals surface area contributed by atoms with E-state index in [1.807, 2.05) is 18.2 Å². The molecule has 1 spiro atoms. The van der Waals surface area contributed by atoms with Crippen LogP contribution in [0.15, 0.2) is 156 Å². The maximum absolute atomic E-state index is 6.23. The van der Waals surface area contributed by atoms with Crippen molar-refractivity contribution in [1.29, 1.82) is 0 Å². The third-order valence-corrected chi connectivity index (χ3v) is 14.3. The summed E-state index contributed by atoms with van der Waals surface area (Å²) in [5, 5.41) is 4.90. The van der Waals surface area contributed by atoms with Crippen molar-refractivity contribution in [3.05, 3.63) is 163 Å². The number of aromatic nitrogens is 3. The van der Waals surface area contributed by atoms with E-state index < -0.39 is 0 Å². The molecule has 0 N–H and O–H groups in total. The molecule has 4 nitrogen and oxygen atoms in total. The summed E-state index contributed by atoms with van der Waals surface area (Å²) in [6, 6.07) is 54.6. The summed E-state index contributed by atoms with van der Waals surface area (Å²) in [5.41, 5.74) is 12.9. The maximum atomic E-state index is 6.23. The molecule has 0 aliphatic heterocycles. The molecule has 0 unspecified atom stereocenters. The molecule has 0 amide bonds. The van der Waals surface area contributed by atoms with Crippen LogP contribution in [0.2, 0.25) is 0 Å². The first-order chi connectivity index (χ1) is 28.2. The van der Waals surface area contributed by atoms with Gasteiger partial charge >= 0.3 is 0 Å². The van der Waals surface area contributed by atoms with Crippen LogP contribution in [-0.2, 0) is 5.41 Å². The lowest BCUT2D eigenvalue weighted by Gasteiger charge is -2.61. The zero-order valence-electron chi connectivity index (χ0n) is 31.5. The van der Waals surface area contributed by atoms with Crippen LogP contribution in [0.3, 0.4) is 0 Å². The summed E-state index contributed by atoms with van der Waals surface area (Å²) in [7, 11) is 0. The Kier molecular flexibility index (Phi) is 6.59. The molecule has 14 rings (SSSR count). The van der Waals surface area contributed by atoms with Crippen LogP contribution in [0.25, 0.3) is 89.1 Å². The van der Waals surface area contributed by atoms with E-state index in [9.17, 15) is 0 Å². The molecular weight excluding hydrogens is 695 g/mol. The number of hydrogen-bond acceptors (Lipinski definition) is 4. The molecule has 2 heterocycles. The van der Waals surface area contributed by atoms with Gasteiger partial charge in [0.2, 0.25) is 0 Å². The first-order valence-corrected chi connectivity index (χ1v) is 20.7. The van der Waals surface area contributed by atoms with Crippen molar-refractivity contribution >= 4 is 32.7 Å². The SMILES string of the molecule is c1ccc(-c2nc(-c3ccc(-c4ccc5c(c4)oc4ccccc45)cc3)nc(-c3cccc4c3-c3c(ccc5ccccc35)C43C4CC5CC(C4)CC3C5)n2)cc1. The second-order valence-electron chi connectivity index (χ2n) is 17.2. The average molecular weight is 734 g/mol. The molecule has 2 aromatic heterocycles. The predicted molar refractivity (Wildman–Crippen MR) is 230 cm³/mol. The van der Waals surface area contributed by atoms with E-state index in [-0.39, 0.29) is 5.41 Å². The Hall–Kier alpha value is -6.39. The molecule has 272 valence electrons. The van der Waals surface area contributed by atoms with E-state index >= 15 is 0 Å². The number of rotatable bonds is 4. The van der Waals surface area contributed by atoms with Gasteiger partial charge in [-0.2, -0.15) is 0 Å². The Bertz CT molecular complexity index is 3060. The molecule has 57 heavy (non-hydrogen) atoms. The lowest BCUT2D eigenvalue weighted by molar-refractivity contribution is -0.0399. The lowest BCUT2D eigenvalue weighted by atomic mass is 9.43. The Morgan fingerprint density at radius 3 is 1.82 bits per heavy atom. The molecule has 0 saturated heterocycles. The number of hydrogen-bond donors (Lipinski definition) is 0. The van der Waals surface area contributed by atoms with E-state index in [0.717, 1.165) is 67.4 Å². The highest BCUT2D eigenvalue weighted by Crippen LogP contribution is 2.70. The van der Waals surface area contributed by atoms with Gasteiger partial charge in [-0.15, -0.1) is 0 Å². The molecule has 4 fully saturated rings. The molecule has 5 aliphatic carbocycles. The Morgan fingerprint density at radius 1 is 0.421 bits per heavy atom. The van der Waals surface area contributed by atoms with Gasteiger partial charge in [0.1, 0.15) is 11.2 Å². The minimum atomic E-state index is 0.0392. The minimum absolute atomic E-state index is 0.0392. The van der Waals surface area contributed by atoms with Crippen molar-refractivity contribution in [3.8, 4) is 56.4 Å². The quantitative estimate of drug-likeness (QED) is 0.181. The van der Waals surface area contributed by atoms with Gasteiger partial charge in [0.25, 0.3) is 0 Å². The summed E-state index contributed by atoms with van der Waals surface area (Å²) in [6.07, 6.45) is 6.82. The highest BCUT2D eigenvalue weighted by atomic mass is 16.3. The molecular formula is C53H39N3O. The van der Waals surface area contributed by atoms with E-state index in [4.69, 9.17) is 19.4 Å². The summed E-state index contributed by atoms with van der Waals surface area (Å²) in [6.45, 7) is 0. The monoisotopic (exact) mass is 733 g/mol. The fourth-order valence-electron chi connectivity index (χ4n) is 12.2. The molecule has 0 atom stereocenters. The molecule has 4 bridgehead atoms. The maximum Gasteiger partial charge on any atom is 0.164 e. The molecule has 0 radical (unpaired) electrons. The van der Waals surface area contributed by atoms with Crippen LogP contribution in [0.4, 0.5) is 0 Å². The topological polar surface area (TPSA) is 51.8 Å². The first kappa shape index (κ1) is 31.8. The van der Waals surface area contributed by atoms with Crippen LogP contribution in [0.1, 0.15) is 43.2 Å². The van der Waals surface area contributed by atoms with Crippen LogP contribution in [0.5, 0.6) is 0 Å². The second-order valence-corrected chi connectivity index (χ2v) is 17.2. The van der Waals surface area contributed by atoms with Crippen molar-refractivity contribution in [1.82, 2.24) is 15.0 Å². The molecule has 9 aromatic rings. The number of nitrogens with zero attached hydrogens (tertiary/aromatic N) is 3. The molecule has 4 saturated carbocycles. The number of furan rings is 1. The Morgan fingerprint density at radius 2 is 1.04 bits per heavy atom. The van der Waals surface area contributed by atoms with E-state index in [1.165, 1.54) is 59.6 Å². The second kappa shape index (κ2) is 11.8. The highest BCUT2D eigenvalue weighted by Gasteiger charge is 2.62. The summed E-state index contributed by atoms with van der Waals surface area (Å²) in [4.78, 5) is 15.9. The summed E-state index contributed by atoms with van der Waals surface area (Å²) >= 11 is 0. The van der Waals surface area contributed by atoms with Gasteiger partial charge in [-0.05, 0) is 118 Å². The van der Waals surface area contributed by atoms with Gasteiger partial charge in [-0.1, -0.05) is 133 Å². The number of fused-ring (bicyclic) bond motifs is 8. The predicted octanol–water partition coefficient (Wildman–Crippen LogP) is 13.3. The van der Waals surface area contributed by atoms with Gasteiger partial charge in [0.15, 0.2) is 17.5 Å². The van der Waals surface area contributed by atoms with Crippen molar-refractivity contribution in [2.24, 2.45) is 23.7 Å². The number of benzene rings is 7. The van der Waals surface area contributed by atoms with Crippen LogP contribution in [0, 0.1) is 23.7 Å². The lowest BCUT2D eigenvalue weighted by Crippen LogP contribution is -2.55. The van der Waals surface area contributed by atoms with E-state index in [2.05, 4.69) is 133 Å². The molecule has 4 heteroatoms. The van der Waals surface area contributed by atoms with Crippen molar-refractivity contribution < 1.29 is 4.42 Å². The van der Waals surface area contributed by atoms with Gasteiger partial charge in [0, 0.05) is 32.9 Å². The van der Waals surface area contributed by atoms with Crippen molar-refractivity contribution in [3.63, 3.8) is 0 Å². The normalized spacial score (nSPS) is 22.8. The largest absolute Gasteiger partial charge is 0.456 e. The van der Waals surface area contributed by atoms with Gasteiger partial charge in [0.05, 0.1) is 0 Å². The summed E-state index contributed by atoms with van der Waals surface area (Å²) < 4.78 is 6.23.